The average molecular weight is 508 g/mol. The van der Waals surface area contributed by atoms with Crippen molar-refractivity contribution >= 4 is 21.8 Å². The van der Waals surface area contributed by atoms with E-state index in [9.17, 15) is 0 Å². The molecular formula is C32H25N7. The monoisotopic (exact) mass is 507 g/mol. The largest absolute Gasteiger partial charge is 0.353 e. The maximum atomic E-state index is 4.70. The first-order valence-corrected chi connectivity index (χ1v) is 12.9. The number of rotatable bonds is 7. The fourth-order valence-corrected chi connectivity index (χ4v) is 5.01. The normalized spacial score (nSPS) is 11.4. The van der Waals surface area contributed by atoms with Crippen molar-refractivity contribution in [1.82, 2.24) is 35.5 Å². The Labute approximate surface area is 225 Å². The number of fused-ring (bicyclic) bond motifs is 2. The van der Waals surface area contributed by atoms with Gasteiger partial charge in [0.05, 0.1) is 23.1 Å². The summed E-state index contributed by atoms with van der Waals surface area (Å²) in [6.07, 6.45) is 9.28. The predicted molar refractivity (Wildman–Crippen MR) is 155 cm³/mol. The molecule has 0 saturated carbocycles. The van der Waals surface area contributed by atoms with Crippen LogP contribution in [0.1, 0.15) is 11.1 Å². The van der Waals surface area contributed by atoms with Crippen LogP contribution in [0.3, 0.4) is 0 Å². The standard InChI is InChI=1S/C32H25N7/c1-2-6-21(7-3-1)15-34-16-22-12-24(19-35-17-22)29-14-27-31(20-36-29)38-39-32(27)30-13-26-25(9-4-10-28(26)37-30)23-8-5-11-33-18-23/h1-14,17-20,34,37H,15-16H2,(H,38,39). The van der Waals surface area contributed by atoms with Gasteiger partial charge in [-0.15, -0.1) is 0 Å². The molecule has 5 aromatic heterocycles. The second kappa shape index (κ2) is 9.96. The van der Waals surface area contributed by atoms with Gasteiger partial charge in [-0.05, 0) is 47.0 Å². The number of H-pyrrole nitrogens is 2. The number of pyridine rings is 3. The molecule has 5 heterocycles. The van der Waals surface area contributed by atoms with E-state index < -0.39 is 0 Å². The van der Waals surface area contributed by atoms with Crippen molar-refractivity contribution in [3.8, 4) is 33.8 Å². The van der Waals surface area contributed by atoms with Gasteiger partial charge < -0.3 is 10.3 Å². The zero-order chi connectivity index (χ0) is 26.0. The van der Waals surface area contributed by atoms with Crippen LogP contribution in [-0.2, 0) is 13.1 Å². The van der Waals surface area contributed by atoms with Crippen molar-refractivity contribution < 1.29 is 0 Å². The van der Waals surface area contributed by atoms with Crippen molar-refractivity contribution in [2.45, 2.75) is 13.1 Å². The van der Waals surface area contributed by atoms with Crippen LogP contribution in [0.25, 0.3) is 55.6 Å². The topological polar surface area (TPSA) is 95.2 Å². The smallest absolute Gasteiger partial charge is 0.116 e. The highest BCUT2D eigenvalue weighted by Crippen LogP contribution is 2.34. The Hall–Kier alpha value is -5.14. The molecule has 7 heteroatoms. The van der Waals surface area contributed by atoms with Crippen LogP contribution < -0.4 is 5.32 Å². The molecule has 2 aromatic carbocycles. The summed E-state index contributed by atoms with van der Waals surface area (Å²) in [5.74, 6) is 0. The lowest BCUT2D eigenvalue weighted by atomic mass is 10.0. The van der Waals surface area contributed by atoms with Crippen molar-refractivity contribution in [2.75, 3.05) is 0 Å². The fourth-order valence-electron chi connectivity index (χ4n) is 5.01. The molecule has 0 aliphatic carbocycles. The SMILES string of the molecule is c1ccc(CNCc2cncc(-c3cc4c(-c5cc6c(-c7cccnc7)cccc6[nH]5)n[nH]c4cn3)c2)cc1. The fraction of sp³-hybridized carbons (Fsp3) is 0.0625. The Kier molecular flexibility index (Phi) is 5.88. The third-order valence-electron chi connectivity index (χ3n) is 6.93. The summed E-state index contributed by atoms with van der Waals surface area (Å²) in [6, 6.07) is 27.1. The van der Waals surface area contributed by atoms with E-state index in [0.29, 0.717) is 0 Å². The van der Waals surface area contributed by atoms with Crippen LogP contribution in [0.4, 0.5) is 0 Å². The van der Waals surface area contributed by atoms with Crippen molar-refractivity contribution in [3.05, 3.63) is 121 Å². The molecule has 7 rings (SSSR count). The molecule has 3 N–H and O–H groups in total. The van der Waals surface area contributed by atoms with E-state index >= 15 is 0 Å². The Bertz CT molecular complexity index is 1890. The zero-order valence-corrected chi connectivity index (χ0v) is 21.1. The summed E-state index contributed by atoms with van der Waals surface area (Å²) in [5.41, 5.74) is 10.1. The molecule has 0 atom stereocenters. The molecule has 188 valence electrons. The highest BCUT2D eigenvalue weighted by molar-refractivity contribution is 6.01. The molecule has 0 aliphatic heterocycles. The lowest BCUT2D eigenvalue weighted by Crippen LogP contribution is -2.12. The van der Waals surface area contributed by atoms with Crippen molar-refractivity contribution in [2.24, 2.45) is 0 Å². The van der Waals surface area contributed by atoms with E-state index in [1.807, 2.05) is 36.9 Å². The van der Waals surface area contributed by atoms with Crippen LogP contribution in [0.5, 0.6) is 0 Å². The Morgan fingerprint density at radius 1 is 0.667 bits per heavy atom. The summed E-state index contributed by atoms with van der Waals surface area (Å²) in [7, 11) is 0. The van der Waals surface area contributed by atoms with E-state index in [2.05, 4.69) is 97.2 Å². The molecule has 0 saturated heterocycles. The second-order valence-corrected chi connectivity index (χ2v) is 9.55. The van der Waals surface area contributed by atoms with Crippen LogP contribution in [0.2, 0.25) is 0 Å². The number of nitrogens with one attached hydrogen (secondary N) is 3. The number of nitrogens with zero attached hydrogens (tertiary/aromatic N) is 4. The molecule has 7 aromatic rings. The van der Waals surface area contributed by atoms with Crippen LogP contribution >= 0.6 is 0 Å². The van der Waals surface area contributed by atoms with Crippen molar-refractivity contribution in [1.29, 1.82) is 0 Å². The Morgan fingerprint density at radius 3 is 2.46 bits per heavy atom. The first-order chi connectivity index (χ1) is 19.3. The molecule has 7 nitrogen and oxygen atoms in total. The van der Waals surface area contributed by atoms with Gasteiger partial charge in [0.1, 0.15) is 5.69 Å². The number of aromatic amines is 2. The second-order valence-electron chi connectivity index (χ2n) is 9.55. The number of benzene rings is 2. The highest BCUT2D eigenvalue weighted by Gasteiger charge is 2.15. The number of hydrogen-bond donors (Lipinski definition) is 3. The number of hydrogen-bond acceptors (Lipinski definition) is 5. The quantitative estimate of drug-likeness (QED) is 0.228. The summed E-state index contributed by atoms with van der Waals surface area (Å²) in [4.78, 5) is 17.0. The number of aromatic nitrogens is 6. The molecular weight excluding hydrogens is 482 g/mol. The van der Waals surface area contributed by atoms with E-state index in [1.54, 1.807) is 6.20 Å². The molecule has 0 bridgehead atoms. The molecule has 0 aliphatic rings. The predicted octanol–water partition coefficient (Wildman–Crippen LogP) is 6.52. The van der Waals surface area contributed by atoms with E-state index in [4.69, 9.17) is 4.98 Å². The summed E-state index contributed by atoms with van der Waals surface area (Å²) in [6.45, 7) is 1.53. The summed E-state index contributed by atoms with van der Waals surface area (Å²) in [5, 5.41) is 13.4. The van der Waals surface area contributed by atoms with Crippen LogP contribution in [-0.4, -0.2) is 30.1 Å². The van der Waals surface area contributed by atoms with Gasteiger partial charge in [0, 0.05) is 65.3 Å². The molecule has 0 spiro atoms. The van der Waals surface area contributed by atoms with E-state index in [-0.39, 0.29) is 0 Å². The third-order valence-corrected chi connectivity index (χ3v) is 6.93. The van der Waals surface area contributed by atoms with Crippen molar-refractivity contribution in [3.63, 3.8) is 0 Å². The molecule has 0 radical (unpaired) electrons. The third kappa shape index (κ3) is 4.56. The lowest BCUT2D eigenvalue weighted by molar-refractivity contribution is 0.691. The summed E-state index contributed by atoms with van der Waals surface area (Å²) >= 11 is 0. The Morgan fingerprint density at radius 2 is 1.56 bits per heavy atom. The van der Waals surface area contributed by atoms with Gasteiger partial charge in [-0.3, -0.25) is 20.1 Å². The maximum absolute atomic E-state index is 4.70. The van der Waals surface area contributed by atoms with Gasteiger partial charge in [0.2, 0.25) is 0 Å². The Balaban J connectivity index is 1.20. The van der Waals surface area contributed by atoms with E-state index in [0.717, 1.165) is 74.2 Å². The molecule has 0 unspecified atom stereocenters. The van der Waals surface area contributed by atoms with Gasteiger partial charge in [-0.25, -0.2) is 0 Å². The van der Waals surface area contributed by atoms with Crippen LogP contribution in [0.15, 0.2) is 110 Å². The van der Waals surface area contributed by atoms with Gasteiger partial charge in [-0.2, -0.15) is 5.10 Å². The minimum Gasteiger partial charge on any atom is -0.353 e. The molecule has 39 heavy (non-hydrogen) atoms. The minimum atomic E-state index is 0.725. The first kappa shape index (κ1) is 23.0. The minimum absolute atomic E-state index is 0.725. The maximum Gasteiger partial charge on any atom is 0.116 e. The van der Waals surface area contributed by atoms with Gasteiger partial charge in [-0.1, -0.05) is 48.5 Å². The first-order valence-electron chi connectivity index (χ1n) is 12.9. The highest BCUT2D eigenvalue weighted by atomic mass is 15.1. The van der Waals surface area contributed by atoms with Gasteiger partial charge >= 0.3 is 0 Å². The molecule has 0 amide bonds. The van der Waals surface area contributed by atoms with Crippen LogP contribution in [0, 0.1) is 0 Å². The molecule has 0 fully saturated rings. The van der Waals surface area contributed by atoms with Gasteiger partial charge in [0.15, 0.2) is 0 Å². The summed E-state index contributed by atoms with van der Waals surface area (Å²) < 4.78 is 0. The van der Waals surface area contributed by atoms with E-state index in [1.165, 1.54) is 5.56 Å². The average Bonchev–Trinajstić information content (AvgIpc) is 3.62. The zero-order valence-electron chi connectivity index (χ0n) is 21.1. The van der Waals surface area contributed by atoms with Gasteiger partial charge in [0.25, 0.3) is 0 Å². The lowest BCUT2D eigenvalue weighted by Gasteiger charge is -2.07.